The number of ether oxygens (including phenoxy) is 1. The fourth-order valence-electron chi connectivity index (χ4n) is 3.96. The van der Waals surface area contributed by atoms with E-state index in [2.05, 4.69) is 10.3 Å². The van der Waals surface area contributed by atoms with Crippen molar-refractivity contribution in [3.05, 3.63) is 97.6 Å². The third-order valence-electron chi connectivity index (χ3n) is 5.78. The van der Waals surface area contributed by atoms with Crippen LogP contribution in [-0.2, 0) is 12.8 Å². The van der Waals surface area contributed by atoms with E-state index in [0.717, 1.165) is 18.2 Å². The number of furan rings is 1. The second-order valence-electron chi connectivity index (χ2n) is 8.62. The number of thiophene rings is 1. The van der Waals surface area contributed by atoms with E-state index < -0.39 is 29.5 Å². The minimum absolute atomic E-state index is 0.00360. The van der Waals surface area contributed by atoms with Crippen LogP contribution in [0, 0.1) is 5.82 Å². The number of hydrogen-bond acceptors (Lipinski definition) is 6. The molecule has 3 N–H and O–H groups in total. The molecule has 5 rings (SSSR count). The van der Waals surface area contributed by atoms with Gasteiger partial charge in [-0.05, 0) is 53.6 Å². The third kappa shape index (κ3) is 6.02. The molecule has 0 aliphatic heterocycles. The molecule has 0 saturated carbocycles. The Labute approximate surface area is 252 Å². The zero-order valence-corrected chi connectivity index (χ0v) is 23.7. The standard InChI is InChI=1S/C27H14Cl3F4N3O4S/c28-12-7-16(29)22(17(30)8-12)40-10-14-5-6-18(41-14)25(39)37-21-20-15(11-1-3-13(31)4-2-11)9-19(27(32,33)34)36-26(20)42-23(21)24(35)38/h1-9H,10H2,(H2,35,38)(H,37,39). The summed E-state index contributed by atoms with van der Waals surface area (Å²) < 4.78 is 65.8. The Morgan fingerprint density at radius 1 is 1.02 bits per heavy atom. The summed E-state index contributed by atoms with van der Waals surface area (Å²) in [4.78, 5) is 28.7. The molecular formula is C27H14Cl3F4N3O4S. The van der Waals surface area contributed by atoms with Crippen molar-refractivity contribution in [3.63, 3.8) is 0 Å². The quantitative estimate of drug-likeness (QED) is 0.170. The molecule has 0 fully saturated rings. The zero-order valence-electron chi connectivity index (χ0n) is 20.6. The number of halogens is 7. The topological polar surface area (TPSA) is 107 Å². The highest BCUT2D eigenvalue weighted by molar-refractivity contribution is 7.21. The number of anilines is 1. The highest BCUT2D eigenvalue weighted by Gasteiger charge is 2.35. The number of fused-ring (bicyclic) bond motifs is 1. The maximum atomic E-state index is 13.7. The van der Waals surface area contributed by atoms with E-state index in [1.165, 1.54) is 36.4 Å². The lowest BCUT2D eigenvalue weighted by molar-refractivity contribution is -0.140. The molecule has 3 aromatic heterocycles. The summed E-state index contributed by atoms with van der Waals surface area (Å²) in [6, 6.07) is 11.0. The number of carbonyl (C=O) groups is 2. The van der Waals surface area contributed by atoms with Crippen molar-refractivity contribution in [1.82, 2.24) is 4.98 Å². The number of benzene rings is 2. The average Bonchev–Trinajstić information content (AvgIpc) is 3.53. The largest absolute Gasteiger partial charge is 0.483 e. The number of amides is 2. The van der Waals surface area contributed by atoms with Gasteiger partial charge >= 0.3 is 6.18 Å². The van der Waals surface area contributed by atoms with E-state index >= 15 is 0 Å². The molecule has 15 heteroatoms. The van der Waals surface area contributed by atoms with Crippen molar-refractivity contribution in [2.75, 3.05) is 5.32 Å². The van der Waals surface area contributed by atoms with Crippen molar-refractivity contribution in [3.8, 4) is 16.9 Å². The van der Waals surface area contributed by atoms with Crippen LogP contribution in [0.2, 0.25) is 15.1 Å². The number of rotatable bonds is 7. The number of nitrogens with two attached hydrogens (primary N) is 1. The normalized spacial score (nSPS) is 11.6. The van der Waals surface area contributed by atoms with E-state index in [0.29, 0.717) is 16.4 Å². The first-order chi connectivity index (χ1) is 19.8. The second kappa shape index (κ2) is 11.4. The van der Waals surface area contributed by atoms with Gasteiger partial charge in [-0.1, -0.05) is 46.9 Å². The maximum Gasteiger partial charge on any atom is 0.433 e. The van der Waals surface area contributed by atoms with Crippen LogP contribution in [0.1, 0.15) is 31.7 Å². The summed E-state index contributed by atoms with van der Waals surface area (Å²) >= 11 is 18.7. The molecular weight excluding hydrogens is 645 g/mol. The summed E-state index contributed by atoms with van der Waals surface area (Å²) in [5.74, 6) is -2.38. The molecule has 5 aromatic rings. The van der Waals surface area contributed by atoms with Crippen molar-refractivity contribution >= 4 is 73.9 Å². The first kappa shape index (κ1) is 29.6. The van der Waals surface area contributed by atoms with Crippen LogP contribution in [0.4, 0.5) is 23.2 Å². The summed E-state index contributed by atoms with van der Waals surface area (Å²) in [7, 11) is 0. The first-order valence-electron chi connectivity index (χ1n) is 11.6. The van der Waals surface area contributed by atoms with E-state index in [1.54, 1.807) is 0 Å². The van der Waals surface area contributed by atoms with Crippen molar-refractivity contribution in [2.45, 2.75) is 12.8 Å². The molecule has 2 aromatic carbocycles. The van der Waals surface area contributed by atoms with Crippen LogP contribution >= 0.6 is 46.1 Å². The number of carbonyl (C=O) groups excluding carboxylic acids is 2. The number of alkyl halides is 3. The number of aromatic nitrogens is 1. The molecule has 216 valence electrons. The van der Waals surface area contributed by atoms with E-state index in [9.17, 15) is 27.2 Å². The van der Waals surface area contributed by atoms with Crippen LogP contribution in [0.15, 0.2) is 59.0 Å². The molecule has 0 atom stereocenters. The smallest absolute Gasteiger partial charge is 0.433 e. The van der Waals surface area contributed by atoms with Crippen molar-refractivity contribution in [1.29, 1.82) is 0 Å². The molecule has 2 amide bonds. The van der Waals surface area contributed by atoms with E-state index in [1.807, 2.05) is 0 Å². The first-order valence-corrected chi connectivity index (χ1v) is 13.5. The van der Waals surface area contributed by atoms with Crippen LogP contribution in [0.3, 0.4) is 0 Å². The molecule has 0 bridgehead atoms. The Kier molecular flexibility index (Phi) is 8.08. The van der Waals surface area contributed by atoms with Gasteiger partial charge in [0.2, 0.25) is 0 Å². The van der Waals surface area contributed by atoms with Crippen LogP contribution < -0.4 is 15.8 Å². The fourth-order valence-corrected chi connectivity index (χ4v) is 5.89. The summed E-state index contributed by atoms with van der Waals surface area (Å²) in [6.45, 7) is -0.179. The number of nitrogens with one attached hydrogen (secondary N) is 1. The van der Waals surface area contributed by atoms with Crippen molar-refractivity contribution < 1.29 is 36.3 Å². The summed E-state index contributed by atoms with van der Waals surface area (Å²) in [5.41, 5.74) is 4.20. The highest BCUT2D eigenvalue weighted by atomic mass is 35.5. The summed E-state index contributed by atoms with van der Waals surface area (Å²) in [6.07, 6.45) is -4.84. The zero-order chi connectivity index (χ0) is 30.3. The lowest BCUT2D eigenvalue weighted by Crippen LogP contribution is -2.16. The van der Waals surface area contributed by atoms with Gasteiger partial charge in [0.05, 0.1) is 15.7 Å². The van der Waals surface area contributed by atoms with Gasteiger partial charge in [0.1, 0.15) is 33.6 Å². The van der Waals surface area contributed by atoms with Gasteiger partial charge < -0.3 is 20.2 Å². The molecule has 0 spiro atoms. The minimum atomic E-state index is -4.84. The minimum Gasteiger partial charge on any atom is -0.483 e. The highest BCUT2D eigenvalue weighted by Crippen LogP contribution is 2.44. The SMILES string of the molecule is NC(=O)c1sc2nc(C(F)(F)F)cc(-c3ccc(F)cc3)c2c1NC(=O)c1ccc(COc2c(Cl)cc(Cl)cc2Cl)o1. The number of primary amides is 1. The molecule has 0 radical (unpaired) electrons. The lowest BCUT2D eigenvalue weighted by atomic mass is 10.0. The number of pyridine rings is 1. The number of nitrogens with zero attached hydrogens (tertiary/aromatic N) is 1. The van der Waals surface area contributed by atoms with Gasteiger partial charge in [-0.15, -0.1) is 11.3 Å². The number of hydrogen-bond donors (Lipinski definition) is 2. The third-order valence-corrected chi connectivity index (χ3v) is 7.66. The lowest BCUT2D eigenvalue weighted by Gasteiger charge is -2.12. The van der Waals surface area contributed by atoms with Gasteiger partial charge in [-0.25, -0.2) is 9.37 Å². The van der Waals surface area contributed by atoms with Crippen LogP contribution in [0.25, 0.3) is 21.3 Å². The molecule has 3 heterocycles. The van der Waals surface area contributed by atoms with Crippen LogP contribution in [-0.4, -0.2) is 16.8 Å². The fraction of sp³-hybridized carbons (Fsp3) is 0.0741. The predicted molar refractivity (Wildman–Crippen MR) is 151 cm³/mol. The molecule has 0 aliphatic carbocycles. The molecule has 0 saturated heterocycles. The Bertz CT molecular complexity index is 1830. The van der Waals surface area contributed by atoms with Crippen LogP contribution in [0.5, 0.6) is 5.75 Å². The maximum absolute atomic E-state index is 13.7. The van der Waals surface area contributed by atoms with Gasteiger partial charge in [0.15, 0.2) is 11.5 Å². The molecule has 7 nitrogen and oxygen atoms in total. The van der Waals surface area contributed by atoms with E-state index in [4.69, 9.17) is 49.7 Å². The monoisotopic (exact) mass is 657 g/mol. The molecule has 0 unspecified atom stereocenters. The molecule has 42 heavy (non-hydrogen) atoms. The summed E-state index contributed by atoms with van der Waals surface area (Å²) in [5, 5.41) is 3.12. The molecule has 0 aliphatic rings. The van der Waals surface area contributed by atoms with Gasteiger partial charge in [0.25, 0.3) is 11.8 Å². The average molecular weight is 659 g/mol. The Morgan fingerprint density at radius 2 is 1.69 bits per heavy atom. The Hall–Kier alpha value is -3.84. The Morgan fingerprint density at radius 3 is 2.31 bits per heavy atom. The van der Waals surface area contributed by atoms with Gasteiger partial charge in [-0.3, -0.25) is 9.59 Å². The van der Waals surface area contributed by atoms with Crippen molar-refractivity contribution in [2.24, 2.45) is 5.73 Å². The predicted octanol–water partition coefficient (Wildman–Crippen LogP) is 8.60. The van der Waals surface area contributed by atoms with E-state index in [-0.39, 0.29) is 65.8 Å². The Balaban J connectivity index is 1.51. The second-order valence-corrected chi connectivity index (χ2v) is 10.9. The van der Waals surface area contributed by atoms with Gasteiger partial charge in [-0.2, -0.15) is 13.2 Å². The van der Waals surface area contributed by atoms with Gasteiger partial charge in [0, 0.05) is 10.4 Å².